The van der Waals surface area contributed by atoms with E-state index in [-0.39, 0.29) is 17.5 Å². The first-order valence-corrected chi connectivity index (χ1v) is 6.91. The number of hydrogen-bond donors (Lipinski definition) is 0. The Kier molecular flexibility index (Phi) is 6.63. The van der Waals surface area contributed by atoms with Gasteiger partial charge in [0.05, 0.1) is 0 Å². The first-order chi connectivity index (χ1) is 10.7. The smallest absolute Gasteiger partial charge is 0.411 e. The second kappa shape index (κ2) is 6.81. The molecule has 0 heterocycles. The van der Waals surface area contributed by atoms with Crippen molar-refractivity contribution in [3.8, 4) is 0 Å². The van der Waals surface area contributed by atoms with Crippen molar-refractivity contribution in [3.05, 3.63) is 0 Å². The van der Waals surface area contributed by atoms with Gasteiger partial charge in [0, 0.05) is 0 Å². The lowest BCUT2D eigenvalue weighted by atomic mass is 9.97. The van der Waals surface area contributed by atoms with E-state index in [0.29, 0.717) is 0 Å². The van der Waals surface area contributed by atoms with Crippen LogP contribution in [0.3, 0.4) is 0 Å². The van der Waals surface area contributed by atoms with Gasteiger partial charge in [0.1, 0.15) is 0 Å². The van der Waals surface area contributed by atoms with E-state index in [0.717, 1.165) is 0 Å². The zero-order valence-corrected chi connectivity index (χ0v) is 13.0. The Morgan fingerprint density at radius 1 is 0.720 bits per heavy atom. The molecule has 0 amide bonds. The number of thioether (sulfide) groups is 1. The summed E-state index contributed by atoms with van der Waals surface area (Å²) < 4.78 is 166. The third kappa shape index (κ3) is 3.88. The summed E-state index contributed by atoms with van der Waals surface area (Å²) in [5, 5.41) is 0. The van der Waals surface area contributed by atoms with Crippen LogP contribution in [0.5, 0.6) is 0 Å². The van der Waals surface area contributed by atoms with Gasteiger partial charge in [-0.05, 0) is 18.0 Å². The fourth-order valence-electron chi connectivity index (χ4n) is 1.07. The van der Waals surface area contributed by atoms with Gasteiger partial charge >= 0.3 is 36.0 Å². The Labute approximate surface area is 139 Å². The third-order valence-electron chi connectivity index (χ3n) is 2.38. The molecule has 0 aliphatic carbocycles. The average molecular weight is 440 g/mol. The third-order valence-corrected chi connectivity index (χ3v) is 3.42. The average Bonchev–Trinajstić information content (AvgIpc) is 2.35. The largest absolute Gasteiger partial charge is 0.472 e. The highest BCUT2D eigenvalue weighted by atomic mass is 32.2. The van der Waals surface area contributed by atoms with E-state index in [1.165, 1.54) is 6.92 Å². The fraction of sp³-hybridized carbons (Fsp3) is 0.889. The van der Waals surface area contributed by atoms with Crippen molar-refractivity contribution in [1.29, 1.82) is 0 Å². The first-order valence-electron chi connectivity index (χ1n) is 5.52. The predicted octanol–water partition coefficient (Wildman–Crippen LogP) is 5.74. The van der Waals surface area contributed by atoms with Gasteiger partial charge in [0.2, 0.25) is 4.38 Å². The quantitative estimate of drug-likeness (QED) is 0.385. The minimum Gasteiger partial charge on any atom is -0.411 e. The van der Waals surface area contributed by atoms with Crippen molar-refractivity contribution in [2.24, 2.45) is 0 Å². The molecule has 0 saturated carbocycles. The molecule has 0 fully saturated rings. The SMILES string of the molecule is CCSC(=S)OC(F)(F)C(F)(F)C(F)(F)C(F)(F)C(F)(F)C(F)(F)F. The van der Waals surface area contributed by atoms with Crippen molar-refractivity contribution >= 4 is 28.4 Å². The second-order valence-electron chi connectivity index (χ2n) is 4.10. The fourth-order valence-corrected chi connectivity index (χ4v) is 1.93. The molecule has 0 bridgehead atoms. The van der Waals surface area contributed by atoms with Gasteiger partial charge in [0.15, 0.2) is 0 Å². The van der Waals surface area contributed by atoms with E-state index in [1.54, 1.807) is 0 Å². The van der Waals surface area contributed by atoms with Gasteiger partial charge in [-0.3, -0.25) is 0 Å². The van der Waals surface area contributed by atoms with Crippen molar-refractivity contribution < 1.29 is 61.8 Å². The second-order valence-corrected chi connectivity index (χ2v) is 5.96. The molecule has 0 N–H and O–H groups in total. The zero-order chi connectivity index (χ0) is 20.7. The maximum absolute atomic E-state index is 13.1. The molecule has 1 nitrogen and oxygen atoms in total. The standard InChI is InChI=1S/C9H5F13OS2/c1-2-25-3(24)23-9(21,22)7(16,17)5(12,13)4(10,11)6(14,15)8(18,19)20/h2H2,1H3. The molecule has 0 aliphatic rings. The number of halogens is 13. The maximum Gasteiger partial charge on any atom is 0.472 e. The Morgan fingerprint density at radius 2 is 1.08 bits per heavy atom. The number of thiocarbonyl (C=S) groups is 1. The summed E-state index contributed by atoms with van der Waals surface area (Å²) in [6.07, 6.45) is -14.1. The summed E-state index contributed by atoms with van der Waals surface area (Å²) in [5.74, 6) is -31.3. The summed E-state index contributed by atoms with van der Waals surface area (Å²) in [7, 11) is 0. The van der Waals surface area contributed by atoms with Gasteiger partial charge in [-0.1, -0.05) is 18.7 Å². The zero-order valence-electron chi connectivity index (χ0n) is 11.3. The van der Waals surface area contributed by atoms with Crippen LogP contribution in [0.15, 0.2) is 0 Å². The van der Waals surface area contributed by atoms with Crippen LogP contribution in [0, 0.1) is 0 Å². The van der Waals surface area contributed by atoms with Crippen LogP contribution in [-0.4, -0.2) is 46.1 Å². The highest BCUT2D eigenvalue weighted by Gasteiger charge is 2.91. The van der Waals surface area contributed by atoms with E-state index in [4.69, 9.17) is 0 Å². The molecule has 0 saturated heterocycles. The van der Waals surface area contributed by atoms with E-state index >= 15 is 0 Å². The molecule has 0 aromatic carbocycles. The van der Waals surface area contributed by atoms with Crippen LogP contribution in [-0.2, 0) is 4.74 Å². The lowest BCUT2D eigenvalue weighted by molar-refractivity contribution is -0.458. The van der Waals surface area contributed by atoms with E-state index in [1.807, 2.05) is 0 Å². The van der Waals surface area contributed by atoms with Gasteiger partial charge in [0.25, 0.3) is 0 Å². The lowest BCUT2D eigenvalue weighted by Crippen LogP contribution is -2.70. The van der Waals surface area contributed by atoms with Crippen LogP contribution in [0.2, 0.25) is 0 Å². The molecule has 150 valence electrons. The van der Waals surface area contributed by atoms with Crippen LogP contribution >= 0.6 is 24.0 Å². The monoisotopic (exact) mass is 440 g/mol. The van der Waals surface area contributed by atoms with E-state index in [2.05, 4.69) is 17.0 Å². The Balaban J connectivity index is 6.07. The summed E-state index contributed by atoms with van der Waals surface area (Å²) >= 11 is 3.92. The maximum atomic E-state index is 13.1. The molecule has 0 atom stereocenters. The van der Waals surface area contributed by atoms with Gasteiger partial charge in [-0.2, -0.15) is 57.1 Å². The molecule has 0 aliphatic heterocycles. The summed E-state index contributed by atoms with van der Waals surface area (Å²) in [6.45, 7) is 1.18. The molecule has 0 aromatic rings. The summed E-state index contributed by atoms with van der Waals surface area (Å²) in [6, 6.07) is 0. The molecular formula is C9H5F13OS2. The van der Waals surface area contributed by atoms with Crippen LogP contribution in [0.25, 0.3) is 0 Å². The topological polar surface area (TPSA) is 9.23 Å². The van der Waals surface area contributed by atoms with Crippen molar-refractivity contribution in [3.63, 3.8) is 0 Å². The number of ether oxygens (including phenoxy) is 1. The summed E-state index contributed by atoms with van der Waals surface area (Å²) in [4.78, 5) is 0. The Hall–Kier alpha value is -0.670. The van der Waals surface area contributed by atoms with Crippen LogP contribution in [0.4, 0.5) is 57.1 Å². The molecule has 0 unspecified atom stereocenters. The van der Waals surface area contributed by atoms with Gasteiger partial charge < -0.3 is 4.74 Å². The molecule has 0 radical (unpaired) electrons. The Bertz CT molecular complexity index is 498. The number of hydrogen-bond acceptors (Lipinski definition) is 3. The molecular weight excluding hydrogens is 435 g/mol. The lowest BCUT2D eigenvalue weighted by Gasteiger charge is -2.39. The van der Waals surface area contributed by atoms with Crippen molar-refractivity contribution in [1.82, 2.24) is 0 Å². The minimum absolute atomic E-state index is 0.0375. The van der Waals surface area contributed by atoms with Crippen LogP contribution < -0.4 is 0 Å². The molecule has 0 aromatic heterocycles. The van der Waals surface area contributed by atoms with Crippen LogP contribution in [0.1, 0.15) is 6.92 Å². The number of alkyl halides is 13. The van der Waals surface area contributed by atoms with Crippen molar-refractivity contribution in [2.75, 3.05) is 5.75 Å². The highest BCUT2D eigenvalue weighted by Crippen LogP contribution is 2.60. The molecule has 0 spiro atoms. The van der Waals surface area contributed by atoms with E-state index < -0.39 is 40.4 Å². The Morgan fingerprint density at radius 3 is 1.40 bits per heavy atom. The molecule has 0 rings (SSSR count). The molecule has 25 heavy (non-hydrogen) atoms. The van der Waals surface area contributed by atoms with Crippen molar-refractivity contribution in [2.45, 2.75) is 42.9 Å². The normalized spacial score (nSPS) is 15.3. The van der Waals surface area contributed by atoms with Gasteiger partial charge in [-0.25, -0.2) is 0 Å². The summed E-state index contributed by atoms with van der Waals surface area (Å²) in [5.41, 5.74) is 0. The minimum atomic E-state index is -7.95. The number of rotatable bonds is 6. The van der Waals surface area contributed by atoms with E-state index in [9.17, 15) is 57.1 Å². The van der Waals surface area contributed by atoms with Gasteiger partial charge in [-0.15, -0.1) is 0 Å². The first kappa shape index (κ1) is 24.3. The highest BCUT2D eigenvalue weighted by molar-refractivity contribution is 8.22. The predicted molar refractivity (Wildman–Crippen MR) is 62.6 cm³/mol. The molecule has 16 heteroatoms.